The molecule has 0 fully saturated rings. The van der Waals surface area contributed by atoms with Crippen LogP contribution in [-0.4, -0.2) is 16.8 Å². The van der Waals surface area contributed by atoms with Gasteiger partial charge in [-0.1, -0.05) is 13.8 Å². The Balaban J connectivity index is 2.59. The minimum Gasteiger partial charge on any atom is -0.328 e. The van der Waals surface area contributed by atoms with Crippen LogP contribution in [0.25, 0.3) is 0 Å². The van der Waals surface area contributed by atoms with Crippen molar-refractivity contribution >= 4 is 5.78 Å². The van der Waals surface area contributed by atoms with Crippen molar-refractivity contribution in [2.45, 2.75) is 45.6 Å². The van der Waals surface area contributed by atoms with Crippen LogP contribution in [0.3, 0.4) is 0 Å². The van der Waals surface area contributed by atoms with Crippen LogP contribution in [0.2, 0.25) is 0 Å². The number of pyridine rings is 1. The Morgan fingerprint density at radius 1 is 1.35 bits per heavy atom. The molecule has 0 saturated heterocycles. The molecule has 0 radical (unpaired) electrons. The number of carbonyl (C=O) groups is 1. The maximum Gasteiger partial charge on any atom is 0.167 e. The van der Waals surface area contributed by atoms with Crippen LogP contribution in [0.5, 0.6) is 0 Å². The number of hydrogen-bond acceptors (Lipinski definition) is 3. The van der Waals surface area contributed by atoms with Crippen molar-refractivity contribution in [3.8, 4) is 0 Å². The van der Waals surface area contributed by atoms with Crippen LogP contribution in [-0.2, 0) is 0 Å². The molecule has 0 aromatic carbocycles. The van der Waals surface area contributed by atoms with E-state index >= 15 is 0 Å². The summed E-state index contributed by atoms with van der Waals surface area (Å²) >= 11 is 0. The fourth-order valence-electron chi connectivity index (χ4n) is 1.88. The quantitative estimate of drug-likeness (QED) is 0.738. The lowest BCUT2D eigenvalue weighted by atomic mass is 9.90. The lowest BCUT2D eigenvalue weighted by Crippen LogP contribution is -2.22. The molecule has 3 heteroatoms. The first-order valence-corrected chi connectivity index (χ1v) is 6.38. The fourth-order valence-corrected chi connectivity index (χ4v) is 1.88. The van der Waals surface area contributed by atoms with Crippen LogP contribution in [0.15, 0.2) is 24.5 Å². The van der Waals surface area contributed by atoms with Gasteiger partial charge >= 0.3 is 0 Å². The number of ketones is 1. The molecule has 1 aromatic heterocycles. The maximum absolute atomic E-state index is 12.2. The Labute approximate surface area is 103 Å². The van der Waals surface area contributed by atoms with Gasteiger partial charge in [0, 0.05) is 29.9 Å². The minimum absolute atomic E-state index is 0.0804. The summed E-state index contributed by atoms with van der Waals surface area (Å²) in [6.07, 6.45) is 6.96. The molecule has 1 heterocycles. The van der Waals surface area contributed by atoms with Crippen LogP contribution < -0.4 is 5.73 Å². The molecule has 0 aliphatic heterocycles. The molecule has 2 atom stereocenters. The largest absolute Gasteiger partial charge is 0.328 e. The van der Waals surface area contributed by atoms with E-state index in [-0.39, 0.29) is 17.7 Å². The summed E-state index contributed by atoms with van der Waals surface area (Å²) in [6.45, 7) is 4.13. The zero-order chi connectivity index (χ0) is 12.7. The second-order valence-corrected chi connectivity index (χ2v) is 4.46. The molecule has 0 amide bonds. The van der Waals surface area contributed by atoms with E-state index in [2.05, 4.69) is 18.8 Å². The second-order valence-electron chi connectivity index (χ2n) is 4.46. The van der Waals surface area contributed by atoms with Crippen molar-refractivity contribution in [1.82, 2.24) is 4.98 Å². The Morgan fingerprint density at radius 3 is 2.65 bits per heavy atom. The van der Waals surface area contributed by atoms with E-state index in [4.69, 9.17) is 5.73 Å². The van der Waals surface area contributed by atoms with Gasteiger partial charge in [0.2, 0.25) is 0 Å². The van der Waals surface area contributed by atoms with E-state index in [1.54, 1.807) is 18.5 Å². The number of aromatic nitrogens is 1. The molecule has 3 nitrogen and oxygen atoms in total. The second kappa shape index (κ2) is 7.17. The van der Waals surface area contributed by atoms with Gasteiger partial charge < -0.3 is 5.73 Å². The molecular formula is C14H22N2O. The maximum atomic E-state index is 12.2. The van der Waals surface area contributed by atoms with E-state index in [1.807, 2.05) is 6.07 Å². The van der Waals surface area contributed by atoms with Crippen LogP contribution >= 0.6 is 0 Å². The van der Waals surface area contributed by atoms with E-state index in [0.29, 0.717) is 5.56 Å². The van der Waals surface area contributed by atoms with Gasteiger partial charge in [-0.2, -0.15) is 0 Å². The predicted octanol–water partition coefficient (Wildman–Crippen LogP) is 2.81. The van der Waals surface area contributed by atoms with Gasteiger partial charge in [0.1, 0.15) is 0 Å². The molecule has 0 aliphatic rings. The van der Waals surface area contributed by atoms with Crippen LogP contribution in [0.1, 0.15) is 49.9 Å². The normalized spacial score (nSPS) is 14.3. The Hall–Kier alpha value is -1.22. The van der Waals surface area contributed by atoms with Gasteiger partial charge in [0.25, 0.3) is 0 Å². The molecule has 1 aromatic rings. The highest BCUT2D eigenvalue weighted by atomic mass is 16.1. The molecule has 0 saturated carbocycles. The molecule has 0 bridgehead atoms. The third-order valence-corrected chi connectivity index (χ3v) is 3.22. The highest BCUT2D eigenvalue weighted by molar-refractivity contribution is 5.97. The smallest absolute Gasteiger partial charge is 0.167 e. The highest BCUT2D eigenvalue weighted by Crippen LogP contribution is 2.18. The van der Waals surface area contributed by atoms with E-state index in [1.165, 1.54) is 0 Å². The number of hydrogen-bond donors (Lipinski definition) is 1. The summed E-state index contributed by atoms with van der Waals surface area (Å²) in [5.41, 5.74) is 6.60. The fraction of sp³-hybridized carbons (Fsp3) is 0.571. The lowest BCUT2D eigenvalue weighted by Gasteiger charge is -2.16. The van der Waals surface area contributed by atoms with Crippen LogP contribution in [0, 0.1) is 5.92 Å². The van der Waals surface area contributed by atoms with Gasteiger partial charge in [-0.3, -0.25) is 9.78 Å². The lowest BCUT2D eigenvalue weighted by molar-refractivity contribution is 0.0906. The van der Waals surface area contributed by atoms with Crippen molar-refractivity contribution in [3.63, 3.8) is 0 Å². The van der Waals surface area contributed by atoms with Crippen LogP contribution in [0.4, 0.5) is 0 Å². The van der Waals surface area contributed by atoms with Gasteiger partial charge in [0.05, 0.1) is 0 Å². The van der Waals surface area contributed by atoms with Gasteiger partial charge in [-0.25, -0.2) is 0 Å². The van der Waals surface area contributed by atoms with Crippen molar-refractivity contribution in [2.75, 3.05) is 0 Å². The molecule has 0 spiro atoms. The topological polar surface area (TPSA) is 56.0 Å². The first-order chi connectivity index (χ1) is 8.19. The number of carbonyl (C=O) groups excluding carboxylic acids is 1. The average Bonchev–Trinajstić information content (AvgIpc) is 2.39. The molecular weight excluding hydrogens is 212 g/mol. The Bertz CT molecular complexity index is 337. The first kappa shape index (κ1) is 13.8. The van der Waals surface area contributed by atoms with E-state index in [9.17, 15) is 4.79 Å². The summed E-state index contributed by atoms with van der Waals surface area (Å²) in [7, 11) is 0. The van der Waals surface area contributed by atoms with E-state index < -0.39 is 0 Å². The summed E-state index contributed by atoms with van der Waals surface area (Å²) in [5.74, 6) is 0.278. The molecule has 2 unspecified atom stereocenters. The number of nitrogens with two attached hydrogens (primary N) is 1. The van der Waals surface area contributed by atoms with Gasteiger partial charge in [-0.05, 0) is 37.8 Å². The summed E-state index contributed by atoms with van der Waals surface area (Å²) in [5, 5.41) is 0. The number of rotatable bonds is 7. The first-order valence-electron chi connectivity index (χ1n) is 6.38. The van der Waals surface area contributed by atoms with E-state index in [0.717, 1.165) is 25.7 Å². The Morgan fingerprint density at radius 2 is 2.12 bits per heavy atom. The predicted molar refractivity (Wildman–Crippen MR) is 69.8 cm³/mol. The zero-order valence-electron chi connectivity index (χ0n) is 10.7. The van der Waals surface area contributed by atoms with Gasteiger partial charge in [0.15, 0.2) is 5.78 Å². The zero-order valence-corrected chi connectivity index (χ0v) is 10.7. The molecule has 1 rings (SSSR count). The van der Waals surface area contributed by atoms with Crippen molar-refractivity contribution in [1.29, 1.82) is 0 Å². The summed E-state index contributed by atoms with van der Waals surface area (Å²) in [6, 6.07) is 3.85. The monoisotopic (exact) mass is 234 g/mol. The highest BCUT2D eigenvalue weighted by Gasteiger charge is 2.18. The number of nitrogens with zero attached hydrogens (tertiary/aromatic N) is 1. The standard InChI is InChI=1S/C14H22N2O/c1-3-11(7-8-13(15)4-2)14(17)12-6-5-9-16-10-12/h5-6,9-11,13H,3-4,7-8,15H2,1-2H3. The molecule has 17 heavy (non-hydrogen) atoms. The molecule has 2 N–H and O–H groups in total. The third kappa shape index (κ3) is 4.27. The minimum atomic E-state index is 0.0804. The number of Topliss-reactive ketones (excluding diaryl/α,β-unsaturated/α-hetero) is 1. The summed E-state index contributed by atoms with van der Waals surface area (Å²) in [4.78, 5) is 16.2. The average molecular weight is 234 g/mol. The molecule has 0 aliphatic carbocycles. The van der Waals surface area contributed by atoms with Crippen molar-refractivity contribution < 1.29 is 4.79 Å². The van der Waals surface area contributed by atoms with Gasteiger partial charge in [-0.15, -0.1) is 0 Å². The van der Waals surface area contributed by atoms with Crippen molar-refractivity contribution in [3.05, 3.63) is 30.1 Å². The molecule has 94 valence electrons. The Kier molecular flexibility index (Phi) is 5.84. The summed E-state index contributed by atoms with van der Waals surface area (Å²) < 4.78 is 0. The SMILES string of the molecule is CCC(N)CCC(CC)C(=O)c1cccnc1. The third-order valence-electron chi connectivity index (χ3n) is 3.22. The van der Waals surface area contributed by atoms with Crippen molar-refractivity contribution in [2.24, 2.45) is 11.7 Å².